The number of carbonyl (C=O) groups is 2. The van der Waals surface area contributed by atoms with Crippen molar-refractivity contribution in [3.05, 3.63) is 23.3 Å². The van der Waals surface area contributed by atoms with Crippen LogP contribution in [0.5, 0.6) is 11.5 Å². The van der Waals surface area contributed by atoms with Crippen LogP contribution >= 0.6 is 0 Å². The van der Waals surface area contributed by atoms with Crippen LogP contribution in [0.1, 0.15) is 20.7 Å². The summed E-state index contributed by atoms with van der Waals surface area (Å²) in [5.74, 6) is -1.70. The lowest BCUT2D eigenvalue weighted by Crippen LogP contribution is -2.19. The topological polar surface area (TPSA) is 52.6 Å². The predicted molar refractivity (Wildman–Crippen MR) is 50.5 cm³/mol. The Morgan fingerprint density at radius 2 is 1.53 bits per heavy atom. The Kier molecular flexibility index (Phi) is 4.41. The highest BCUT2D eigenvalue weighted by Gasteiger charge is 2.33. The highest BCUT2D eigenvalue weighted by atomic mass is 19.4. The van der Waals surface area contributed by atoms with Crippen LogP contribution in [-0.4, -0.2) is 25.5 Å². The largest absolute Gasteiger partial charge is 0.573 e. The molecule has 0 aliphatic rings. The minimum absolute atomic E-state index is 0.0770. The Morgan fingerprint density at radius 1 is 1.05 bits per heavy atom. The van der Waals surface area contributed by atoms with Crippen molar-refractivity contribution >= 4 is 12.6 Å². The molecule has 104 valence electrons. The SMILES string of the molecule is O=Cc1cc(OC(F)F)cc(C=O)c1OC(F)(F)F. The molecule has 0 atom stereocenters. The molecule has 0 aliphatic carbocycles. The smallest absolute Gasteiger partial charge is 0.435 e. The lowest BCUT2D eigenvalue weighted by molar-refractivity contribution is -0.274. The van der Waals surface area contributed by atoms with Crippen molar-refractivity contribution in [1.29, 1.82) is 0 Å². The van der Waals surface area contributed by atoms with Crippen LogP contribution in [0, 0.1) is 0 Å². The first-order valence-electron chi connectivity index (χ1n) is 4.55. The molecule has 0 spiro atoms. The van der Waals surface area contributed by atoms with Gasteiger partial charge < -0.3 is 9.47 Å². The Bertz CT molecular complexity index is 454. The van der Waals surface area contributed by atoms with Crippen molar-refractivity contribution in [2.24, 2.45) is 0 Å². The summed E-state index contributed by atoms with van der Waals surface area (Å²) in [6, 6.07) is 1.21. The molecule has 0 aliphatic heterocycles. The Morgan fingerprint density at radius 3 is 1.84 bits per heavy atom. The van der Waals surface area contributed by atoms with E-state index in [1.807, 2.05) is 0 Å². The molecule has 0 bridgehead atoms. The van der Waals surface area contributed by atoms with Crippen LogP contribution in [0.15, 0.2) is 12.1 Å². The van der Waals surface area contributed by atoms with Gasteiger partial charge in [0.25, 0.3) is 0 Å². The molecule has 0 radical (unpaired) electrons. The van der Waals surface area contributed by atoms with E-state index in [1.54, 1.807) is 0 Å². The number of alkyl halides is 5. The minimum atomic E-state index is -5.14. The van der Waals surface area contributed by atoms with Crippen molar-refractivity contribution in [1.82, 2.24) is 0 Å². The van der Waals surface area contributed by atoms with E-state index in [0.717, 1.165) is 0 Å². The molecule has 9 heteroatoms. The van der Waals surface area contributed by atoms with Gasteiger partial charge in [-0.2, -0.15) is 8.78 Å². The first-order valence-corrected chi connectivity index (χ1v) is 4.55. The van der Waals surface area contributed by atoms with Crippen LogP contribution in [0.25, 0.3) is 0 Å². The third kappa shape index (κ3) is 4.19. The monoisotopic (exact) mass is 284 g/mol. The van der Waals surface area contributed by atoms with E-state index >= 15 is 0 Å². The number of hydrogen-bond acceptors (Lipinski definition) is 4. The summed E-state index contributed by atoms with van der Waals surface area (Å²) >= 11 is 0. The van der Waals surface area contributed by atoms with Crippen LogP contribution < -0.4 is 9.47 Å². The summed E-state index contributed by atoms with van der Waals surface area (Å²) in [4.78, 5) is 21.2. The average Bonchev–Trinajstić information content (AvgIpc) is 2.28. The minimum Gasteiger partial charge on any atom is -0.435 e. The Labute approximate surface area is 102 Å². The summed E-state index contributed by atoms with van der Waals surface area (Å²) in [6.45, 7) is -3.26. The van der Waals surface area contributed by atoms with E-state index in [-0.39, 0.29) is 12.6 Å². The molecule has 1 rings (SSSR count). The van der Waals surface area contributed by atoms with Crippen LogP contribution in [-0.2, 0) is 0 Å². The zero-order chi connectivity index (χ0) is 14.6. The Hall–Kier alpha value is -2.19. The number of aldehydes is 2. The molecule has 0 heterocycles. The molecule has 0 amide bonds. The van der Waals surface area contributed by atoms with Gasteiger partial charge in [0.2, 0.25) is 0 Å². The molecule has 0 saturated heterocycles. The summed E-state index contributed by atoms with van der Waals surface area (Å²) in [7, 11) is 0. The van der Waals surface area contributed by atoms with Gasteiger partial charge in [0, 0.05) is 0 Å². The van der Waals surface area contributed by atoms with E-state index in [1.165, 1.54) is 0 Å². The molecule has 0 unspecified atom stereocenters. The summed E-state index contributed by atoms with van der Waals surface area (Å²) in [5.41, 5.74) is -1.48. The summed E-state index contributed by atoms with van der Waals surface area (Å²) < 4.78 is 67.5. The number of hydrogen-bond donors (Lipinski definition) is 0. The maximum absolute atomic E-state index is 12.1. The second-order valence-electron chi connectivity index (χ2n) is 3.09. The van der Waals surface area contributed by atoms with Gasteiger partial charge in [0.1, 0.15) is 5.75 Å². The molecule has 0 aromatic heterocycles. The molecule has 0 saturated carbocycles. The number of benzene rings is 1. The standard InChI is InChI=1S/C10H5F5O4/c11-9(12)18-7-1-5(3-16)8(6(2-7)4-17)19-10(13,14)15/h1-4,9H. The molecule has 1 aromatic carbocycles. The normalized spacial score (nSPS) is 11.3. The lowest BCUT2D eigenvalue weighted by Gasteiger charge is -2.14. The van der Waals surface area contributed by atoms with Gasteiger partial charge in [0.05, 0.1) is 11.1 Å². The fraction of sp³-hybridized carbons (Fsp3) is 0.200. The second-order valence-corrected chi connectivity index (χ2v) is 3.09. The third-order valence-corrected chi connectivity index (χ3v) is 1.82. The first kappa shape index (κ1) is 14.9. The van der Waals surface area contributed by atoms with Gasteiger partial charge in [0.15, 0.2) is 18.3 Å². The highest BCUT2D eigenvalue weighted by Crippen LogP contribution is 2.32. The quantitative estimate of drug-likeness (QED) is 0.616. The van der Waals surface area contributed by atoms with Crippen LogP contribution in [0.3, 0.4) is 0 Å². The van der Waals surface area contributed by atoms with E-state index in [4.69, 9.17) is 0 Å². The van der Waals surface area contributed by atoms with Crippen LogP contribution in [0.4, 0.5) is 22.0 Å². The van der Waals surface area contributed by atoms with Gasteiger partial charge >= 0.3 is 13.0 Å². The van der Waals surface area contributed by atoms with Crippen molar-refractivity contribution < 1.29 is 41.0 Å². The van der Waals surface area contributed by atoms with Crippen molar-refractivity contribution in [3.8, 4) is 11.5 Å². The molecule has 4 nitrogen and oxygen atoms in total. The van der Waals surface area contributed by atoms with Gasteiger partial charge in [-0.25, -0.2) is 0 Å². The molecule has 19 heavy (non-hydrogen) atoms. The molecular formula is C10H5F5O4. The van der Waals surface area contributed by atoms with Crippen molar-refractivity contribution in [3.63, 3.8) is 0 Å². The Balaban J connectivity index is 3.29. The van der Waals surface area contributed by atoms with Gasteiger partial charge in [-0.1, -0.05) is 0 Å². The zero-order valence-corrected chi connectivity index (χ0v) is 8.91. The molecule has 0 N–H and O–H groups in total. The van der Waals surface area contributed by atoms with E-state index < -0.39 is 35.6 Å². The maximum atomic E-state index is 12.1. The number of rotatable bonds is 5. The highest BCUT2D eigenvalue weighted by molar-refractivity contribution is 5.89. The number of halogens is 5. The third-order valence-electron chi connectivity index (χ3n) is 1.82. The van der Waals surface area contributed by atoms with Gasteiger partial charge in [-0.05, 0) is 12.1 Å². The van der Waals surface area contributed by atoms with Crippen molar-refractivity contribution in [2.45, 2.75) is 13.0 Å². The fourth-order valence-corrected chi connectivity index (χ4v) is 1.23. The molecule has 0 fully saturated rings. The van der Waals surface area contributed by atoms with E-state index in [2.05, 4.69) is 9.47 Å². The number of carbonyl (C=O) groups excluding carboxylic acids is 2. The number of ether oxygens (including phenoxy) is 2. The first-order chi connectivity index (χ1) is 8.76. The lowest BCUT2D eigenvalue weighted by atomic mass is 10.1. The average molecular weight is 284 g/mol. The van der Waals surface area contributed by atoms with Crippen LogP contribution in [0.2, 0.25) is 0 Å². The second kappa shape index (κ2) is 5.63. The van der Waals surface area contributed by atoms with Gasteiger partial charge in [-0.3, -0.25) is 9.59 Å². The maximum Gasteiger partial charge on any atom is 0.573 e. The zero-order valence-electron chi connectivity index (χ0n) is 8.91. The summed E-state index contributed by atoms with van der Waals surface area (Å²) in [6.07, 6.45) is -5.29. The predicted octanol–water partition coefficient (Wildman–Crippen LogP) is 2.81. The summed E-state index contributed by atoms with van der Waals surface area (Å²) in [5, 5.41) is 0. The van der Waals surface area contributed by atoms with E-state index in [0.29, 0.717) is 12.1 Å². The van der Waals surface area contributed by atoms with Gasteiger partial charge in [-0.15, -0.1) is 13.2 Å². The molecule has 1 aromatic rings. The molecular weight excluding hydrogens is 279 g/mol. The van der Waals surface area contributed by atoms with E-state index in [9.17, 15) is 31.5 Å². The van der Waals surface area contributed by atoms with Crippen molar-refractivity contribution in [2.75, 3.05) is 0 Å². The fourth-order valence-electron chi connectivity index (χ4n) is 1.23.